The summed E-state index contributed by atoms with van der Waals surface area (Å²) in [6.45, 7) is 3.30. The van der Waals surface area contributed by atoms with Crippen molar-refractivity contribution in [3.05, 3.63) is 0 Å². The molecule has 2 nitrogen and oxygen atoms in total. The zero-order valence-electron chi connectivity index (χ0n) is 10.9. The van der Waals surface area contributed by atoms with Gasteiger partial charge in [-0.25, -0.2) is 0 Å². The van der Waals surface area contributed by atoms with Gasteiger partial charge in [0.05, 0.1) is 16.9 Å². The Labute approximate surface area is 124 Å². The number of alkyl halides is 2. The van der Waals surface area contributed by atoms with Gasteiger partial charge in [-0.2, -0.15) is 11.8 Å². The molecule has 1 aliphatic heterocycles. The number of halogens is 2. The van der Waals surface area contributed by atoms with Crippen molar-refractivity contribution in [1.29, 1.82) is 0 Å². The Kier molecular flexibility index (Phi) is 5.95. The molecule has 5 heteroatoms. The first-order valence-electron chi connectivity index (χ1n) is 6.81. The summed E-state index contributed by atoms with van der Waals surface area (Å²) < 4.78 is 0. The number of hydrogen-bond acceptors (Lipinski definition) is 3. The molecular weight excluding hydrogens is 289 g/mol. The summed E-state index contributed by atoms with van der Waals surface area (Å²) in [5.41, 5.74) is 0. The molecule has 1 heterocycles. The summed E-state index contributed by atoms with van der Waals surface area (Å²) in [6, 6.07) is 0. The van der Waals surface area contributed by atoms with Gasteiger partial charge in [0.2, 0.25) is 0 Å². The monoisotopic (exact) mass is 311 g/mol. The molecule has 1 N–H and O–H groups in total. The molecule has 0 radical (unpaired) electrons. The molecule has 0 aromatic heterocycles. The number of aliphatic hydroxyl groups is 1. The molecule has 1 saturated carbocycles. The van der Waals surface area contributed by atoms with Crippen LogP contribution in [0.1, 0.15) is 25.7 Å². The van der Waals surface area contributed by atoms with Gasteiger partial charge in [-0.05, 0) is 50.9 Å². The summed E-state index contributed by atoms with van der Waals surface area (Å²) in [6.07, 6.45) is 5.95. The van der Waals surface area contributed by atoms with Gasteiger partial charge in [-0.15, -0.1) is 23.2 Å². The molecule has 2 aliphatic rings. The van der Waals surface area contributed by atoms with E-state index in [-0.39, 0.29) is 16.9 Å². The van der Waals surface area contributed by atoms with Crippen LogP contribution in [-0.4, -0.2) is 58.0 Å². The highest BCUT2D eigenvalue weighted by Gasteiger charge is 2.35. The molecule has 2 rings (SSSR count). The number of likely N-dealkylation sites (tertiary alicyclic amines) is 1. The molecule has 0 amide bonds. The highest BCUT2D eigenvalue weighted by molar-refractivity contribution is 7.99. The molecule has 1 aliphatic carbocycles. The number of piperidine rings is 1. The fourth-order valence-corrected chi connectivity index (χ4v) is 4.32. The minimum atomic E-state index is -0.277. The lowest BCUT2D eigenvalue weighted by atomic mass is 9.85. The highest BCUT2D eigenvalue weighted by Crippen LogP contribution is 2.33. The lowest BCUT2D eigenvalue weighted by Crippen LogP contribution is -2.45. The third-order valence-corrected chi connectivity index (χ3v) is 6.52. The van der Waals surface area contributed by atoms with E-state index >= 15 is 0 Å². The molecule has 0 aromatic carbocycles. The molecule has 4 atom stereocenters. The standard InChI is InChI=1S/C13H23Cl2NOS/c1-18-10-2-4-16(5-3-10)8-9-6-11(14)12(15)7-13(9)17/h9-13,17H,2-8H2,1H3. The second kappa shape index (κ2) is 7.03. The lowest BCUT2D eigenvalue weighted by molar-refractivity contribution is 0.0455. The average Bonchev–Trinajstić information content (AvgIpc) is 2.37. The third-order valence-electron chi connectivity index (χ3n) is 4.29. The molecule has 106 valence electrons. The highest BCUT2D eigenvalue weighted by atomic mass is 35.5. The van der Waals surface area contributed by atoms with Crippen molar-refractivity contribution in [2.75, 3.05) is 25.9 Å². The van der Waals surface area contributed by atoms with E-state index in [4.69, 9.17) is 23.2 Å². The Morgan fingerprint density at radius 2 is 1.78 bits per heavy atom. The molecule has 4 unspecified atom stereocenters. The van der Waals surface area contributed by atoms with Gasteiger partial charge in [-0.3, -0.25) is 0 Å². The van der Waals surface area contributed by atoms with Gasteiger partial charge in [0, 0.05) is 11.8 Å². The van der Waals surface area contributed by atoms with Crippen LogP contribution in [0, 0.1) is 5.92 Å². The summed E-state index contributed by atoms with van der Waals surface area (Å²) in [4.78, 5) is 2.48. The molecular formula is C13H23Cl2NOS. The lowest BCUT2D eigenvalue weighted by Gasteiger charge is -2.39. The summed E-state index contributed by atoms with van der Waals surface area (Å²) >= 11 is 14.3. The van der Waals surface area contributed by atoms with Gasteiger partial charge >= 0.3 is 0 Å². The fraction of sp³-hybridized carbons (Fsp3) is 1.00. The van der Waals surface area contributed by atoms with E-state index in [0.29, 0.717) is 12.3 Å². The SMILES string of the molecule is CSC1CCN(CC2CC(Cl)C(Cl)CC2O)CC1. The van der Waals surface area contributed by atoms with E-state index < -0.39 is 0 Å². The topological polar surface area (TPSA) is 23.5 Å². The molecule has 0 aromatic rings. The molecule has 2 fully saturated rings. The van der Waals surface area contributed by atoms with E-state index in [9.17, 15) is 5.11 Å². The van der Waals surface area contributed by atoms with Gasteiger partial charge in [0.15, 0.2) is 0 Å². The second-order valence-corrected chi connectivity index (χ2v) is 7.83. The van der Waals surface area contributed by atoms with Crippen LogP contribution in [0.2, 0.25) is 0 Å². The van der Waals surface area contributed by atoms with Crippen LogP contribution in [0.3, 0.4) is 0 Å². The van der Waals surface area contributed by atoms with Crippen LogP contribution < -0.4 is 0 Å². The van der Waals surface area contributed by atoms with Gasteiger partial charge < -0.3 is 10.0 Å². The first kappa shape index (κ1) is 15.2. The van der Waals surface area contributed by atoms with E-state index in [0.717, 1.165) is 31.3 Å². The molecule has 0 bridgehead atoms. The third kappa shape index (κ3) is 3.92. The Hall–Kier alpha value is 0.850. The number of thioether (sulfide) groups is 1. The zero-order valence-corrected chi connectivity index (χ0v) is 13.2. The number of hydrogen-bond donors (Lipinski definition) is 1. The van der Waals surface area contributed by atoms with Crippen LogP contribution in [0.25, 0.3) is 0 Å². The zero-order chi connectivity index (χ0) is 13.1. The summed E-state index contributed by atoms with van der Waals surface area (Å²) in [5, 5.41) is 10.9. The van der Waals surface area contributed by atoms with E-state index in [1.165, 1.54) is 12.8 Å². The largest absolute Gasteiger partial charge is 0.393 e. The maximum atomic E-state index is 10.1. The van der Waals surface area contributed by atoms with Crippen LogP contribution in [0.15, 0.2) is 0 Å². The number of aliphatic hydroxyl groups excluding tert-OH is 1. The fourth-order valence-electron chi connectivity index (χ4n) is 3.02. The van der Waals surface area contributed by atoms with E-state index in [1.54, 1.807) is 0 Å². The van der Waals surface area contributed by atoms with Crippen molar-refractivity contribution >= 4 is 35.0 Å². The van der Waals surface area contributed by atoms with Gasteiger partial charge in [-0.1, -0.05) is 0 Å². The van der Waals surface area contributed by atoms with Gasteiger partial charge in [0.25, 0.3) is 0 Å². The van der Waals surface area contributed by atoms with Gasteiger partial charge in [0.1, 0.15) is 0 Å². The Morgan fingerprint density at radius 3 is 2.39 bits per heavy atom. The maximum Gasteiger partial charge on any atom is 0.0595 e. The van der Waals surface area contributed by atoms with Crippen LogP contribution in [0.4, 0.5) is 0 Å². The van der Waals surface area contributed by atoms with Crippen LogP contribution in [0.5, 0.6) is 0 Å². The first-order valence-corrected chi connectivity index (χ1v) is 8.97. The predicted molar refractivity (Wildman–Crippen MR) is 81.0 cm³/mol. The van der Waals surface area contributed by atoms with Crippen LogP contribution >= 0.6 is 35.0 Å². The average molecular weight is 312 g/mol. The maximum absolute atomic E-state index is 10.1. The number of rotatable bonds is 3. The predicted octanol–water partition coefficient (Wildman–Crippen LogP) is 2.80. The van der Waals surface area contributed by atoms with Crippen molar-refractivity contribution in [2.24, 2.45) is 5.92 Å². The van der Waals surface area contributed by atoms with Crippen LogP contribution in [-0.2, 0) is 0 Å². The van der Waals surface area contributed by atoms with Crippen molar-refractivity contribution in [2.45, 2.75) is 47.8 Å². The van der Waals surface area contributed by atoms with Crippen molar-refractivity contribution in [3.63, 3.8) is 0 Å². The summed E-state index contributed by atoms with van der Waals surface area (Å²) in [7, 11) is 0. The van der Waals surface area contributed by atoms with Crippen molar-refractivity contribution < 1.29 is 5.11 Å². The van der Waals surface area contributed by atoms with Crippen molar-refractivity contribution in [3.8, 4) is 0 Å². The van der Waals surface area contributed by atoms with E-state index in [2.05, 4.69) is 11.2 Å². The Morgan fingerprint density at radius 1 is 1.17 bits per heavy atom. The second-order valence-electron chi connectivity index (χ2n) is 5.57. The molecule has 18 heavy (non-hydrogen) atoms. The minimum Gasteiger partial charge on any atom is -0.393 e. The number of nitrogens with zero attached hydrogens (tertiary/aromatic N) is 1. The summed E-state index contributed by atoms with van der Waals surface area (Å²) in [5.74, 6) is 0.299. The first-order chi connectivity index (χ1) is 8.60. The quantitative estimate of drug-likeness (QED) is 0.811. The smallest absolute Gasteiger partial charge is 0.0595 e. The van der Waals surface area contributed by atoms with Crippen molar-refractivity contribution in [1.82, 2.24) is 4.90 Å². The Bertz CT molecular complexity index is 261. The van der Waals surface area contributed by atoms with E-state index in [1.807, 2.05) is 11.8 Å². The molecule has 0 spiro atoms. The Balaban J connectivity index is 1.79. The normalized spacial score (nSPS) is 40.0. The molecule has 1 saturated heterocycles. The minimum absolute atomic E-state index is 0.0174.